The number of rotatable bonds is 0. The number of hydrazone groups is 1. The number of allylic oxidation sites excluding steroid dienone is 3. The van der Waals surface area contributed by atoms with Crippen LogP contribution in [0.2, 0.25) is 0 Å². The van der Waals surface area contributed by atoms with Gasteiger partial charge in [0.1, 0.15) is 5.82 Å². The lowest BCUT2D eigenvalue weighted by Gasteiger charge is -1.94. The van der Waals surface area contributed by atoms with Gasteiger partial charge >= 0.3 is 7.25 Å². The zero-order valence-corrected chi connectivity index (χ0v) is 9.69. The molecule has 1 aliphatic heterocycles. The summed E-state index contributed by atoms with van der Waals surface area (Å²) in [6.45, 7) is 0. The summed E-state index contributed by atoms with van der Waals surface area (Å²) in [6, 6.07) is 7.94. The highest BCUT2D eigenvalue weighted by atomic mass is 19.5. The Labute approximate surface area is 107 Å². The minimum absolute atomic E-state index is 0.178. The van der Waals surface area contributed by atoms with Crippen LogP contribution in [0.25, 0.3) is 0 Å². The van der Waals surface area contributed by atoms with Gasteiger partial charge in [-0.05, 0) is 24.3 Å². The van der Waals surface area contributed by atoms with Crippen LogP contribution in [0.3, 0.4) is 0 Å². The molecule has 0 atom stereocenters. The van der Waals surface area contributed by atoms with Crippen molar-refractivity contribution in [3.8, 4) is 0 Å². The van der Waals surface area contributed by atoms with Crippen LogP contribution in [0.5, 0.6) is 0 Å². The van der Waals surface area contributed by atoms with Gasteiger partial charge < -0.3 is 17.3 Å². The normalized spacial score (nSPS) is 12.3. The van der Waals surface area contributed by atoms with Crippen molar-refractivity contribution in [1.82, 2.24) is 5.43 Å². The summed E-state index contributed by atoms with van der Waals surface area (Å²) in [7, 11) is -6.00. The lowest BCUT2D eigenvalue weighted by Crippen LogP contribution is -2.02. The summed E-state index contributed by atoms with van der Waals surface area (Å²) in [5.41, 5.74) is 2.67. The Morgan fingerprint density at radius 1 is 0.895 bits per heavy atom. The zero-order valence-electron chi connectivity index (χ0n) is 9.69. The lowest BCUT2D eigenvalue weighted by molar-refractivity contribution is 0.368. The third-order valence-electron chi connectivity index (χ3n) is 1.36. The topological polar surface area (TPSA) is 24.4 Å². The van der Waals surface area contributed by atoms with E-state index in [1.807, 2.05) is 18.2 Å². The van der Waals surface area contributed by atoms with Crippen LogP contribution in [0.4, 0.5) is 21.7 Å². The third-order valence-corrected chi connectivity index (χ3v) is 1.36. The Morgan fingerprint density at radius 3 is 1.95 bits per heavy atom. The molecule has 0 aromatic heterocycles. The molecule has 0 aliphatic carbocycles. The van der Waals surface area contributed by atoms with E-state index in [4.69, 9.17) is 0 Å². The van der Waals surface area contributed by atoms with Gasteiger partial charge in [0.05, 0.1) is 0 Å². The van der Waals surface area contributed by atoms with E-state index in [-0.39, 0.29) is 5.82 Å². The molecule has 104 valence electrons. The van der Waals surface area contributed by atoms with Crippen molar-refractivity contribution in [3.63, 3.8) is 0 Å². The molecule has 2 rings (SSSR count). The molecule has 0 radical (unpaired) electrons. The second-order valence-electron chi connectivity index (χ2n) is 2.94. The highest BCUT2D eigenvalue weighted by Crippen LogP contribution is 2.06. The van der Waals surface area contributed by atoms with Gasteiger partial charge in [-0.15, -0.1) is 0 Å². The summed E-state index contributed by atoms with van der Waals surface area (Å²) >= 11 is 0. The van der Waals surface area contributed by atoms with E-state index in [9.17, 15) is 21.7 Å². The Bertz CT molecular complexity index is 395. The van der Waals surface area contributed by atoms with Crippen molar-refractivity contribution in [2.24, 2.45) is 5.10 Å². The number of hydrogen-bond acceptors (Lipinski definition) is 2. The van der Waals surface area contributed by atoms with Crippen molar-refractivity contribution in [1.29, 1.82) is 0 Å². The minimum Gasteiger partial charge on any atom is -0.418 e. The molecule has 0 amide bonds. The van der Waals surface area contributed by atoms with E-state index < -0.39 is 7.25 Å². The van der Waals surface area contributed by atoms with Crippen molar-refractivity contribution in [2.45, 2.75) is 0 Å². The molecule has 0 fully saturated rings. The summed E-state index contributed by atoms with van der Waals surface area (Å²) in [6.07, 6.45) is 9.10. The molecule has 2 nitrogen and oxygen atoms in total. The second kappa shape index (κ2) is 9.87. The van der Waals surface area contributed by atoms with Crippen molar-refractivity contribution >= 4 is 13.5 Å². The molecular formula is C11H11BF5N2-. The van der Waals surface area contributed by atoms with E-state index in [1.165, 1.54) is 12.1 Å². The maximum atomic E-state index is 11.9. The van der Waals surface area contributed by atoms with E-state index in [0.29, 0.717) is 0 Å². The molecule has 19 heavy (non-hydrogen) atoms. The molecule has 0 unspecified atom stereocenters. The first-order valence-electron chi connectivity index (χ1n) is 5.08. The van der Waals surface area contributed by atoms with Crippen LogP contribution < -0.4 is 5.43 Å². The third kappa shape index (κ3) is 18.4. The van der Waals surface area contributed by atoms with Gasteiger partial charge in [0.25, 0.3) is 0 Å². The number of nitrogens with zero attached hydrogens (tertiary/aromatic N) is 1. The van der Waals surface area contributed by atoms with Gasteiger partial charge in [0.2, 0.25) is 0 Å². The Kier molecular flexibility index (Phi) is 8.77. The fourth-order valence-corrected chi connectivity index (χ4v) is 0.756. The predicted octanol–water partition coefficient (Wildman–Crippen LogP) is 3.77. The second-order valence-corrected chi connectivity index (χ2v) is 2.94. The fourth-order valence-electron chi connectivity index (χ4n) is 0.756. The number of nitrogens with one attached hydrogen (secondary N) is 1. The molecule has 8 heteroatoms. The standard InChI is InChI=1S/C6H5F.C5H6N2.BF4/c7-6-4-2-1-3-5-6;1-2-4-6-7-5-3-1;2-1(3,4)5/h1-5H;1-6H;/q;;-1. The first-order chi connectivity index (χ1) is 8.89. The first kappa shape index (κ1) is 16.9. The predicted molar refractivity (Wildman–Crippen MR) is 66.5 cm³/mol. The molecule has 1 aromatic rings. The maximum Gasteiger partial charge on any atom is 0.673 e. The minimum atomic E-state index is -6.00. The molecule has 1 heterocycles. The van der Waals surface area contributed by atoms with Crippen molar-refractivity contribution in [3.05, 3.63) is 60.6 Å². The highest BCUT2D eigenvalue weighted by Gasteiger charge is 2.20. The van der Waals surface area contributed by atoms with Gasteiger partial charge in [-0.25, -0.2) is 4.39 Å². The lowest BCUT2D eigenvalue weighted by atomic mass is 10.3. The SMILES string of the molecule is C1=CC=NNC=C1.F[B-](F)(F)F.Fc1ccccc1. The molecule has 0 spiro atoms. The van der Waals surface area contributed by atoms with Crippen molar-refractivity contribution < 1.29 is 21.7 Å². The fraction of sp³-hybridized carbons (Fsp3) is 0. The largest absolute Gasteiger partial charge is 0.673 e. The molecule has 0 bridgehead atoms. The molecular weight excluding hydrogens is 266 g/mol. The molecule has 1 aromatic carbocycles. The molecule has 0 saturated carbocycles. The Morgan fingerprint density at radius 2 is 1.47 bits per heavy atom. The van der Waals surface area contributed by atoms with Crippen molar-refractivity contribution in [2.75, 3.05) is 0 Å². The van der Waals surface area contributed by atoms with Gasteiger partial charge in [0.15, 0.2) is 0 Å². The number of halogens is 5. The molecule has 1 aliphatic rings. The van der Waals surface area contributed by atoms with Gasteiger partial charge in [-0.3, -0.25) is 5.43 Å². The average molecular weight is 277 g/mol. The molecule has 0 saturated heterocycles. The van der Waals surface area contributed by atoms with Crippen LogP contribution in [-0.2, 0) is 0 Å². The average Bonchev–Trinajstić information content (AvgIpc) is 2.60. The number of hydrogen-bond donors (Lipinski definition) is 1. The van der Waals surface area contributed by atoms with E-state index >= 15 is 0 Å². The van der Waals surface area contributed by atoms with E-state index in [1.54, 1.807) is 30.6 Å². The smallest absolute Gasteiger partial charge is 0.418 e. The van der Waals surface area contributed by atoms with Gasteiger partial charge in [0, 0.05) is 12.4 Å². The van der Waals surface area contributed by atoms with Gasteiger partial charge in [-0.1, -0.05) is 24.3 Å². The number of benzene rings is 1. The maximum absolute atomic E-state index is 11.9. The Balaban J connectivity index is 0.000000261. The van der Waals surface area contributed by atoms with Crippen LogP contribution in [0.15, 0.2) is 59.9 Å². The Hall–Kier alpha value is -2.12. The van der Waals surface area contributed by atoms with Crippen LogP contribution in [-0.4, -0.2) is 13.5 Å². The van der Waals surface area contributed by atoms with Crippen LogP contribution in [0.1, 0.15) is 0 Å². The summed E-state index contributed by atoms with van der Waals surface area (Å²) in [5, 5.41) is 3.72. The summed E-state index contributed by atoms with van der Waals surface area (Å²) in [4.78, 5) is 0. The first-order valence-corrected chi connectivity index (χ1v) is 5.08. The summed E-state index contributed by atoms with van der Waals surface area (Å²) < 4.78 is 50.9. The summed E-state index contributed by atoms with van der Waals surface area (Å²) in [5.74, 6) is -0.178. The van der Waals surface area contributed by atoms with E-state index in [2.05, 4.69) is 10.5 Å². The zero-order chi connectivity index (χ0) is 14.6. The monoisotopic (exact) mass is 277 g/mol. The molecule has 1 N–H and O–H groups in total. The van der Waals surface area contributed by atoms with E-state index in [0.717, 1.165) is 0 Å². The van der Waals surface area contributed by atoms with Gasteiger partial charge in [-0.2, -0.15) is 5.10 Å². The highest BCUT2D eigenvalue weighted by molar-refractivity contribution is 6.50. The van der Waals surface area contributed by atoms with Crippen LogP contribution >= 0.6 is 0 Å². The van der Waals surface area contributed by atoms with Crippen LogP contribution in [0, 0.1) is 5.82 Å². The quantitative estimate of drug-likeness (QED) is 0.566.